The molecule has 4 rings (SSSR count). The molecule has 0 spiro atoms. The van der Waals surface area contributed by atoms with E-state index in [9.17, 15) is 9.59 Å². The van der Waals surface area contributed by atoms with Gasteiger partial charge in [-0.3, -0.25) is 20.0 Å². The summed E-state index contributed by atoms with van der Waals surface area (Å²) in [5, 5.41) is 6.48. The Kier molecular flexibility index (Phi) is 5.87. The van der Waals surface area contributed by atoms with Gasteiger partial charge in [0.2, 0.25) is 0 Å². The molecule has 0 atom stereocenters. The highest BCUT2D eigenvalue weighted by molar-refractivity contribution is 7.17. The van der Waals surface area contributed by atoms with Crippen molar-refractivity contribution in [3.05, 3.63) is 92.8 Å². The number of hydrazine groups is 1. The van der Waals surface area contributed by atoms with Gasteiger partial charge in [-0.25, -0.2) is 9.67 Å². The van der Waals surface area contributed by atoms with Crippen LogP contribution in [0.4, 0.5) is 11.4 Å². The standard InChI is InChI=1S/C24H23N5O2S/c1-15-16(2)26-28(4)24(31)20(15)23-25-17(3)21(32-23)22(30)27-29(18-11-7-5-8-12-18)19-13-9-6-10-14-19/h5-14H,1-4H3,(H,27,30). The number of hydrogen-bond donors (Lipinski definition) is 1. The van der Waals surface area contributed by atoms with Crippen LogP contribution in [-0.2, 0) is 7.05 Å². The molecule has 0 saturated heterocycles. The molecule has 1 N–H and O–H groups in total. The molecule has 2 heterocycles. The fourth-order valence-electron chi connectivity index (χ4n) is 3.40. The molecule has 2 aromatic heterocycles. The number of hydrogen-bond acceptors (Lipinski definition) is 6. The number of carbonyl (C=O) groups excluding carboxylic acids is 1. The summed E-state index contributed by atoms with van der Waals surface area (Å²) in [6, 6.07) is 19.2. The van der Waals surface area contributed by atoms with Crippen LogP contribution in [0.25, 0.3) is 10.6 Å². The van der Waals surface area contributed by atoms with Gasteiger partial charge in [-0.2, -0.15) is 5.10 Å². The molecule has 0 aliphatic carbocycles. The van der Waals surface area contributed by atoms with Gasteiger partial charge in [0.25, 0.3) is 11.5 Å². The summed E-state index contributed by atoms with van der Waals surface area (Å²) in [6.07, 6.45) is 0. The highest BCUT2D eigenvalue weighted by Crippen LogP contribution is 2.29. The van der Waals surface area contributed by atoms with E-state index in [0.717, 1.165) is 22.6 Å². The number of thiazole rings is 1. The maximum Gasteiger partial charge on any atom is 0.282 e. The minimum absolute atomic E-state index is 0.232. The van der Waals surface area contributed by atoms with Gasteiger partial charge in [0.1, 0.15) is 9.88 Å². The third kappa shape index (κ3) is 4.04. The summed E-state index contributed by atoms with van der Waals surface area (Å²) in [5.74, 6) is -0.292. The molecule has 162 valence electrons. The smallest absolute Gasteiger partial charge is 0.267 e. The third-order valence-corrected chi connectivity index (χ3v) is 6.36. The number of amides is 1. The van der Waals surface area contributed by atoms with Crippen LogP contribution in [0.15, 0.2) is 65.5 Å². The van der Waals surface area contributed by atoms with Gasteiger partial charge in [0.15, 0.2) is 0 Å². The lowest BCUT2D eigenvalue weighted by Gasteiger charge is -2.25. The second-order valence-electron chi connectivity index (χ2n) is 7.40. The molecule has 4 aromatic rings. The molecule has 32 heavy (non-hydrogen) atoms. The summed E-state index contributed by atoms with van der Waals surface area (Å²) in [5.41, 5.74) is 6.97. The van der Waals surface area contributed by atoms with E-state index < -0.39 is 0 Å². The molecule has 0 bridgehead atoms. The Labute approximate surface area is 190 Å². The van der Waals surface area contributed by atoms with E-state index >= 15 is 0 Å². The highest BCUT2D eigenvalue weighted by atomic mass is 32.1. The second kappa shape index (κ2) is 8.76. The molecule has 7 nitrogen and oxygen atoms in total. The van der Waals surface area contributed by atoms with Crippen molar-refractivity contribution in [3.8, 4) is 10.6 Å². The SMILES string of the molecule is Cc1nc(-c2c(C)c(C)nn(C)c2=O)sc1C(=O)NN(c1ccccc1)c1ccccc1. The summed E-state index contributed by atoms with van der Waals surface area (Å²) in [6.45, 7) is 5.48. The predicted octanol–water partition coefficient (Wildman–Crippen LogP) is 4.31. The number of aromatic nitrogens is 3. The number of benzene rings is 2. The first kappa shape index (κ1) is 21.5. The zero-order chi connectivity index (χ0) is 22.8. The van der Waals surface area contributed by atoms with Crippen LogP contribution >= 0.6 is 11.3 Å². The van der Waals surface area contributed by atoms with E-state index in [-0.39, 0.29) is 11.5 Å². The van der Waals surface area contributed by atoms with Crippen molar-refractivity contribution in [1.29, 1.82) is 0 Å². The Hall–Kier alpha value is -3.78. The van der Waals surface area contributed by atoms with Gasteiger partial charge in [-0.1, -0.05) is 36.4 Å². The fraction of sp³-hybridized carbons (Fsp3) is 0.167. The summed E-state index contributed by atoms with van der Waals surface area (Å²) < 4.78 is 1.31. The minimum Gasteiger partial charge on any atom is -0.267 e. The Bertz CT molecular complexity index is 1290. The number of nitrogens with zero attached hydrogens (tertiary/aromatic N) is 4. The lowest BCUT2D eigenvalue weighted by Crippen LogP contribution is -2.38. The lowest BCUT2D eigenvalue weighted by atomic mass is 10.1. The highest BCUT2D eigenvalue weighted by Gasteiger charge is 2.23. The molecule has 8 heteroatoms. The normalized spacial score (nSPS) is 10.8. The van der Waals surface area contributed by atoms with Gasteiger partial charge in [0.05, 0.1) is 28.3 Å². The minimum atomic E-state index is -0.292. The van der Waals surface area contributed by atoms with Gasteiger partial charge in [-0.15, -0.1) is 11.3 Å². The van der Waals surface area contributed by atoms with Crippen LogP contribution in [0, 0.1) is 20.8 Å². The van der Waals surface area contributed by atoms with Crippen molar-refractivity contribution in [2.45, 2.75) is 20.8 Å². The van der Waals surface area contributed by atoms with E-state index in [4.69, 9.17) is 0 Å². The summed E-state index contributed by atoms with van der Waals surface area (Å²) in [4.78, 5) is 31.0. The van der Waals surface area contributed by atoms with Gasteiger partial charge >= 0.3 is 0 Å². The first-order valence-electron chi connectivity index (χ1n) is 10.1. The lowest BCUT2D eigenvalue weighted by molar-refractivity contribution is 0.0957. The van der Waals surface area contributed by atoms with Crippen molar-refractivity contribution in [1.82, 2.24) is 20.2 Å². The Morgan fingerprint density at radius 2 is 1.50 bits per heavy atom. The summed E-state index contributed by atoms with van der Waals surface area (Å²) >= 11 is 1.21. The van der Waals surface area contributed by atoms with Crippen LogP contribution in [-0.4, -0.2) is 20.7 Å². The van der Waals surface area contributed by atoms with Crippen molar-refractivity contribution in [3.63, 3.8) is 0 Å². The maximum atomic E-state index is 13.3. The molecule has 0 aliphatic rings. The number of anilines is 2. The van der Waals surface area contributed by atoms with Crippen LogP contribution in [0.2, 0.25) is 0 Å². The summed E-state index contributed by atoms with van der Waals surface area (Å²) in [7, 11) is 1.62. The van der Waals surface area contributed by atoms with Gasteiger partial charge < -0.3 is 0 Å². The van der Waals surface area contributed by atoms with Crippen molar-refractivity contribution in [2.24, 2.45) is 7.05 Å². The molecule has 0 radical (unpaired) electrons. The molecular weight excluding hydrogens is 422 g/mol. The zero-order valence-electron chi connectivity index (χ0n) is 18.3. The zero-order valence-corrected chi connectivity index (χ0v) is 19.1. The first-order chi connectivity index (χ1) is 15.4. The van der Waals surface area contributed by atoms with Crippen LogP contribution < -0.4 is 16.0 Å². The molecule has 0 aliphatic heterocycles. The van der Waals surface area contributed by atoms with Crippen LogP contribution in [0.1, 0.15) is 26.6 Å². The Balaban J connectivity index is 1.72. The Morgan fingerprint density at radius 1 is 0.938 bits per heavy atom. The average Bonchev–Trinajstić information content (AvgIpc) is 3.18. The fourth-order valence-corrected chi connectivity index (χ4v) is 4.45. The van der Waals surface area contributed by atoms with E-state index in [2.05, 4.69) is 15.5 Å². The van der Waals surface area contributed by atoms with E-state index in [0.29, 0.717) is 21.1 Å². The number of rotatable bonds is 5. The Morgan fingerprint density at radius 3 is 2.06 bits per heavy atom. The quantitative estimate of drug-likeness (QED) is 0.463. The monoisotopic (exact) mass is 445 g/mol. The maximum absolute atomic E-state index is 13.3. The van der Waals surface area contributed by atoms with Crippen molar-refractivity contribution in [2.75, 3.05) is 5.01 Å². The van der Waals surface area contributed by atoms with E-state index in [1.807, 2.05) is 74.5 Å². The molecule has 1 amide bonds. The van der Waals surface area contributed by atoms with Crippen molar-refractivity contribution < 1.29 is 4.79 Å². The molecule has 0 fully saturated rings. The number of nitrogens with one attached hydrogen (secondary N) is 1. The largest absolute Gasteiger partial charge is 0.282 e. The average molecular weight is 446 g/mol. The predicted molar refractivity (Wildman–Crippen MR) is 127 cm³/mol. The number of aryl methyl sites for hydroxylation is 3. The number of para-hydroxylation sites is 2. The first-order valence-corrected chi connectivity index (χ1v) is 10.9. The van der Waals surface area contributed by atoms with Gasteiger partial charge in [0, 0.05) is 7.05 Å². The van der Waals surface area contributed by atoms with E-state index in [1.165, 1.54) is 16.0 Å². The number of carbonyl (C=O) groups is 1. The van der Waals surface area contributed by atoms with E-state index in [1.54, 1.807) is 19.0 Å². The third-order valence-electron chi connectivity index (χ3n) is 5.18. The van der Waals surface area contributed by atoms with Gasteiger partial charge in [-0.05, 0) is 50.6 Å². The van der Waals surface area contributed by atoms with Crippen molar-refractivity contribution >= 4 is 28.6 Å². The van der Waals surface area contributed by atoms with Crippen LogP contribution in [0.3, 0.4) is 0 Å². The molecule has 0 saturated carbocycles. The molecule has 0 unspecified atom stereocenters. The molecular formula is C24H23N5O2S. The topological polar surface area (TPSA) is 80.1 Å². The van der Waals surface area contributed by atoms with Crippen LogP contribution in [0.5, 0.6) is 0 Å². The molecule has 2 aromatic carbocycles. The second-order valence-corrected chi connectivity index (χ2v) is 8.39.